The van der Waals surface area contributed by atoms with Crippen LogP contribution in [-0.4, -0.2) is 19.6 Å². The average Bonchev–Trinajstić information content (AvgIpc) is 2.00. The Balaban J connectivity index is 3.85. The Hall–Kier alpha value is -0.650. The van der Waals surface area contributed by atoms with Crippen LogP contribution in [0.1, 0.15) is 33.6 Å². The van der Waals surface area contributed by atoms with Crippen molar-refractivity contribution >= 4 is 10.4 Å². The van der Waals surface area contributed by atoms with Gasteiger partial charge in [0.15, 0.2) is 0 Å². The quantitative estimate of drug-likeness (QED) is 0.566. The van der Waals surface area contributed by atoms with Crippen LogP contribution in [0.5, 0.6) is 0 Å². The molecule has 0 aromatic heterocycles. The summed E-state index contributed by atoms with van der Waals surface area (Å²) in [6.45, 7) is 5.84. The highest BCUT2D eigenvalue weighted by Gasteiger charge is 2.01. The van der Waals surface area contributed by atoms with Crippen molar-refractivity contribution in [1.29, 1.82) is 0 Å². The van der Waals surface area contributed by atoms with Gasteiger partial charge in [0, 0.05) is 0 Å². The van der Waals surface area contributed by atoms with Crippen LogP contribution in [0.15, 0.2) is 23.3 Å². The van der Waals surface area contributed by atoms with E-state index in [1.54, 1.807) is 6.08 Å². The molecule has 88 valence electrons. The zero-order valence-corrected chi connectivity index (χ0v) is 10.2. The number of hydrogen-bond acceptors (Lipinski definition) is 3. The number of hydrogen-bond donors (Lipinski definition) is 1. The fourth-order valence-electron chi connectivity index (χ4n) is 0.953. The first-order valence-corrected chi connectivity index (χ1v) is 6.08. The van der Waals surface area contributed by atoms with Crippen molar-refractivity contribution in [3.05, 3.63) is 23.3 Å². The maximum absolute atomic E-state index is 10.2. The molecule has 5 heteroatoms. The van der Waals surface area contributed by atoms with Gasteiger partial charge in [-0.2, -0.15) is 8.42 Å². The second-order valence-corrected chi connectivity index (χ2v) is 4.67. The van der Waals surface area contributed by atoms with Gasteiger partial charge < -0.3 is 0 Å². The third-order valence-corrected chi connectivity index (χ3v) is 2.17. The summed E-state index contributed by atoms with van der Waals surface area (Å²) in [6, 6.07) is 0. The van der Waals surface area contributed by atoms with Crippen LogP contribution in [0, 0.1) is 0 Å². The zero-order chi connectivity index (χ0) is 11.9. The molecule has 0 radical (unpaired) electrons. The molecule has 0 fully saturated rings. The third-order valence-electron chi connectivity index (χ3n) is 1.74. The maximum atomic E-state index is 10.2. The average molecular weight is 234 g/mol. The van der Waals surface area contributed by atoms with Crippen LogP contribution in [0.25, 0.3) is 0 Å². The van der Waals surface area contributed by atoms with E-state index < -0.39 is 10.4 Å². The first-order chi connectivity index (χ1) is 6.81. The van der Waals surface area contributed by atoms with Crippen molar-refractivity contribution in [1.82, 2.24) is 0 Å². The van der Waals surface area contributed by atoms with Gasteiger partial charge in [0.1, 0.15) is 0 Å². The normalized spacial score (nSPS) is 12.7. The molecule has 0 aromatic rings. The molecule has 0 rings (SSSR count). The predicted molar refractivity (Wildman–Crippen MR) is 59.9 cm³/mol. The Kier molecular flexibility index (Phi) is 6.47. The summed E-state index contributed by atoms with van der Waals surface area (Å²) >= 11 is 0. The first-order valence-electron chi connectivity index (χ1n) is 4.72. The number of rotatable bonds is 6. The summed E-state index contributed by atoms with van der Waals surface area (Å²) in [5.74, 6) is 0. The van der Waals surface area contributed by atoms with E-state index in [1.165, 1.54) is 5.57 Å². The maximum Gasteiger partial charge on any atom is 0.397 e. The fraction of sp³-hybridized carbons (Fsp3) is 0.600. The van der Waals surface area contributed by atoms with Crippen LogP contribution in [-0.2, 0) is 14.6 Å². The van der Waals surface area contributed by atoms with Crippen LogP contribution in [0.3, 0.4) is 0 Å². The van der Waals surface area contributed by atoms with Gasteiger partial charge >= 0.3 is 10.4 Å². The van der Waals surface area contributed by atoms with Gasteiger partial charge in [0.05, 0.1) is 6.61 Å². The van der Waals surface area contributed by atoms with E-state index in [0.717, 1.165) is 18.4 Å². The molecular weight excluding hydrogens is 216 g/mol. The summed E-state index contributed by atoms with van der Waals surface area (Å²) < 4.78 is 32.9. The molecule has 0 aliphatic carbocycles. The van der Waals surface area contributed by atoms with Crippen LogP contribution < -0.4 is 0 Å². The van der Waals surface area contributed by atoms with Gasteiger partial charge in [0.2, 0.25) is 0 Å². The molecule has 0 amide bonds. The van der Waals surface area contributed by atoms with E-state index in [9.17, 15) is 8.42 Å². The van der Waals surface area contributed by atoms with Gasteiger partial charge in [-0.3, -0.25) is 4.55 Å². The third kappa shape index (κ3) is 11.3. The minimum absolute atomic E-state index is 0.112. The standard InChI is InChI=1S/C10H18O4S/c1-9(2)5-4-6-10(3)7-8-14-15(11,12)13/h5,7H,4,6,8H2,1-3H3,(H,11,12,13)/b10-7-. The van der Waals surface area contributed by atoms with E-state index in [-0.39, 0.29) is 6.61 Å². The Bertz CT molecular complexity index is 334. The molecule has 0 bridgehead atoms. The van der Waals surface area contributed by atoms with E-state index in [2.05, 4.69) is 10.3 Å². The van der Waals surface area contributed by atoms with Crippen molar-refractivity contribution in [2.24, 2.45) is 0 Å². The summed E-state index contributed by atoms with van der Waals surface area (Å²) in [4.78, 5) is 0. The van der Waals surface area contributed by atoms with E-state index in [1.807, 2.05) is 20.8 Å². The highest BCUT2D eigenvalue weighted by atomic mass is 32.3. The SMILES string of the molecule is CC(C)=CCC/C(C)=C\COS(=O)(=O)O. The second-order valence-electron chi connectivity index (χ2n) is 3.58. The molecule has 0 atom stereocenters. The fourth-order valence-corrected chi connectivity index (χ4v) is 1.19. The Morgan fingerprint density at radius 2 is 1.87 bits per heavy atom. The second kappa shape index (κ2) is 6.76. The molecule has 0 aliphatic rings. The summed E-state index contributed by atoms with van der Waals surface area (Å²) in [7, 11) is -4.31. The van der Waals surface area contributed by atoms with E-state index in [0.29, 0.717) is 0 Å². The van der Waals surface area contributed by atoms with Crippen molar-refractivity contribution in [2.75, 3.05) is 6.61 Å². The summed E-state index contributed by atoms with van der Waals surface area (Å²) in [6.07, 6.45) is 5.55. The van der Waals surface area contributed by atoms with E-state index in [4.69, 9.17) is 4.55 Å². The van der Waals surface area contributed by atoms with Gasteiger partial charge in [0.25, 0.3) is 0 Å². The Morgan fingerprint density at radius 3 is 2.33 bits per heavy atom. The van der Waals surface area contributed by atoms with Crippen molar-refractivity contribution < 1.29 is 17.2 Å². The minimum atomic E-state index is -4.31. The molecule has 0 aromatic carbocycles. The Labute approximate surface area is 91.6 Å². The zero-order valence-electron chi connectivity index (χ0n) is 9.36. The van der Waals surface area contributed by atoms with Crippen molar-refractivity contribution in [3.8, 4) is 0 Å². The lowest BCUT2D eigenvalue weighted by molar-refractivity contribution is 0.296. The molecule has 0 unspecified atom stereocenters. The summed E-state index contributed by atoms with van der Waals surface area (Å²) in [5.41, 5.74) is 2.30. The lowest BCUT2D eigenvalue weighted by atomic mass is 10.1. The van der Waals surface area contributed by atoms with Gasteiger partial charge in [-0.1, -0.05) is 23.3 Å². The molecule has 15 heavy (non-hydrogen) atoms. The lowest BCUT2D eigenvalue weighted by Gasteiger charge is -1.99. The first kappa shape index (κ1) is 14.3. The van der Waals surface area contributed by atoms with Gasteiger partial charge in [-0.05, 0) is 33.6 Å². The molecule has 0 saturated carbocycles. The topological polar surface area (TPSA) is 63.6 Å². The monoisotopic (exact) mass is 234 g/mol. The van der Waals surface area contributed by atoms with Crippen molar-refractivity contribution in [3.63, 3.8) is 0 Å². The highest BCUT2D eigenvalue weighted by Crippen LogP contribution is 2.06. The van der Waals surface area contributed by atoms with Gasteiger partial charge in [-0.25, -0.2) is 4.18 Å². The molecule has 0 spiro atoms. The van der Waals surface area contributed by atoms with Crippen molar-refractivity contribution in [2.45, 2.75) is 33.6 Å². The minimum Gasteiger partial charge on any atom is -0.264 e. The molecule has 0 heterocycles. The lowest BCUT2D eigenvalue weighted by Crippen LogP contribution is -2.03. The highest BCUT2D eigenvalue weighted by molar-refractivity contribution is 7.80. The largest absolute Gasteiger partial charge is 0.397 e. The van der Waals surface area contributed by atoms with Crippen LogP contribution in [0.4, 0.5) is 0 Å². The Morgan fingerprint density at radius 1 is 1.27 bits per heavy atom. The molecule has 4 nitrogen and oxygen atoms in total. The van der Waals surface area contributed by atoms with Crippen LogP contribution >= 0.6 is 0 Å². The molecule has 0 aliphatic heterocycles. The molecule has 0 saturated heterocycles. The predicted octanol–water partition coefficient (Wildman–Crippen LogP) is 2.50. The molecule has 1 N–H and O–H groups in total. The molecular formula is C10H18O4S. The number of allylic oxidation sites excluding steroid dienone is 3. The summed E-state index contributed by atoms with van der Waals surface area (Å²) in [5, 5.41) is 0. The smallest absolute Gasteiger partial charge is 0.264 e. The van der Waals surface area contributed by atoms with E-state index >= 15 is 0 Å². The van der Waals surface area contributed by atoms with Crippen LogP contribution in [0.2, 0.25) is 0 Å². The van der Waals surface area contributed by atoms with Gasteiger partial charge in [-0.15, -0.1) is 0 Å².